The molecular formula is C24H38N2O4. The maximum atomic E-state index is 13.2. The SMILES string of the molecule is COc1ccc([C@@H](C)NC(=O)[C@H]2CCCCCCC[C@H]2NC(=O)OC(C)(C)C)cc1. The molecule has 6 heteroatoms. The van der Waals surface area contributed by atoms with Gasteiger partial charge in [-0.3, -0.25) is 4.79 Å². The van der Waals surface area contributed by atoms with Crippen LogP contribution in [0.5, 0.6) is 5.75 Å². The number of alkyl carbamates (subject to hydrolysis) is 1. The monoisotopic (exact) mass is 418 g/mol. The van der Waals surface area contributed by atoms with Gasteiger partial charge in [0.2, 0.25) is 5.91 Å². The fraction of sp³-hybridized carbons (Fsp3) is 0.667. The van der Waals surface area contributed by atoms with Crippen LogP contribution in [0, 0.1) is 5.92 Å². The standard InChI is InChI=1S/C24H38N2O4/c1-17(18-13-15-19(29-5)16-14-18)25-22(27)20-11-9-7-6-8-10-12-21(20)26-23(28)30-24(2,3)4/h13-17,20-21H,6-12H2,1-5H3,(H,25,27)(H,26,28)/t17-,20+,21-/m1/s1. The molecule has 168 valence electrons. The summed E-state index contributed by atoms with van der Waals surface area (Å²) in [6, 6.07) is 7.36. The van der Waals surface area contributed by atoms with Crippen molar-refractivity contribution in [2.75, 3.05) is 7.11 Å². The summed E-state index contributed by atoms with van der Waals surface area (Å²) in [7, 11) is 1.63. The van der Waals surface area contributed by atoms with Crippen molar-refractivity contribution in [3.8, 4) is 5.75 Å². The van der Waals surface area contributed by atoms with E-state index in [-0.39, 0.29) is 23.9 Å². The Morgan fingerprint density at radius 2 is 1.60 bits per heavy atom. The summed E-state index contributed by atoms with van der Waals surface area (Å²) in [5, 5.41) is 6.14. The Morgan fingerprint density at radius 1 is 1.00 bits per heavy atom. The number of ether oxygens (including phenoxy) is 2. The molecule has 2 rings (SSSR count). The summed E-state index contributed by atoms with van der Waals surface area (Å²) in [5.41, 5.74) is 0.451. The first-order valence-electron chi connectivity index (χ1n) is 11.1. The van der Waals surface area contributed by atoms with E-state index in [0.717, 1.165) is 49.8 Å². The quantitative estimate of drug-likeness (QED) is 0.695. The van der Waals surface area contributed by atoms with Gasteiger partial charge < -0.3 is 20.1 Å². The minimum Gasteiger partial charge on any atom is -0.497 e. The molecule has 0 aliphatic heterocycles. The molecule has 0 bridgehead atoms. The Bertz CT molecular complexity index is 681. The molecule has 0 aromatic heterocycles. The Kier molecular flexibility index (Phi) is 9.00. The minimum absolute atomic E-state index is 0.0127. The van der Waals surface area contributed by atoms with Gasteiger partial charge >= 0.3 is 6.09 Å². The normalized spacial score (nSPS) is 21.4. The zero-order chi connectivity index (χ0) is 22.1. The molecule has 2 amide bonds. The third-order valence-electron chi connectivity index (χ3n) is 5.53. The third kappa shape index (κ3) is 7.88. The van der Waals surface area contributed by atoms with Crippen molar-refractivity contribution in [2.24, 2.45) is 5.92 Å². The lowest BCUT2D eigenvalue weighted by molar-refractivity contribution is -0.126. The molecule has 0 heterocycles. The Balaban J connectivity index is 2.09. The van der Waals surface area contributed by atoms with Crippen molar-refractivity contribution in [3.63, 3.8) is 0 Å². The van der Waals surface area contributed by atoms with Crippen molar-refractivity contribution in [1.29, 1.82) is 0 Å². The average Bonchev–Trinajstić information content (AvgIpc) is 2.78. The van der Waals surface area contributed by atoms with E-state index in [1.165, 1.54) is 6.42 Å². The molecule has 30 heavy (non-hydrogen) atoms. The van der Waals surface area contributed by atoms with E-state index in [1.54, 1.807) is 7.11 Å². The maximum Gasteiger partial charge on any atom is 0.407 e. The molecule has 1 aromatic rings. The van der Waals surface area contributed by atoms with Gasteiger partial charge in [0.1, 0.15) is 11.4 Å². The van der Waals surface area contributed by atoms with Gasteiger partial charge in [0.15, 0.2) is 0 Å². The zero-order valence-electron chi connectivity index (χ0n) is 19.1. The number of methoxy groups -OCH3 is 1. The van der Waals surface area contributed by atoms with E-state index in [1.807, 2.05) is 52.0 Å². The van der Waals surface area contributed by atoms with E-state index >= 15 is 0 Å². The molecule has 1 aliphatic carbocycles. The van der Waals surface area contributed by atoms with Crippen LogP contribution >= 0.6 is 0 Å². The lowest BCUT2D eigenvalue weighted by atomic mass is 9.90. The Hall–Kier alpha value is -2.24. The summed E-state index contributed by atoms with van der Waals surface area (Å²) in [4.78, 5) is 25.6. The predicted octanol–water partition coefficient (Wildman–Crippen LogP) is 5.13. The molecule has 1 aromatic carbocycles. The van der Waals surface area contributed by atoms with E-state index in [9.17, 15) is 9.59 Å². The first kappa shape index (κ1) is 24.0. The molecule has 0 spiro atoms. The highest BCUT2D eigenvalue weighted by molar-refractivity contribution is 5.80. The number of nitrogens with one attached hydrogen (secondary N) is 2. The zero-order valence-corrected chi connectivity index (χ0v) is 19.1. The van der Waals surface area contributed by atoms with Gasteiger partial charge in [-0.15, -0.1) is 0 Å². The Morgan fingerprint density at radius 3 is 2.20 bits per heavy atom. The van der Waals surface area contributed by atoms with E-state index in [0.29, 0.717) is 0 Å². The van der Waals surface area contributed by atoms with Crippen LogP contribution in [0.15, 0.2) is 24.3 Å². The van der Waals surface area contributed by atoms with Gasteiger partial charge in [-0.2, -0.15) is 0 Å². The van der Waals surface area contributed by atoms with Crippen molar-refractivity contribution in [2.45, 2.75) is 90.3 Å². The first-order valence-corrected chi connectivity index (χ1v) is 11.1. The Labute approximate surface area is 181 Å². The van der Waals surface area contributed by atoms with Crippen molar-refractivity contribution < 1.29 is 19.1 Å². The van der Waals surface area contributed by atoms with Crippen LogP contribution in [0.3, 0.4) is 0 Å². The van der Waals surface area contributed by atoms with Gasteiger partial charge in [0.05, 0.1) is 19.1 Å². The van der Waals surface area contributed by atoms with Crippen LogP contribution in [0.1, 0.15) is 84.2 Å². The second kappa shape index (κ2) is 11.2. The van der Waals surface area contributed by atoms with Crippen LogP contribution in [0.25, 0.3) is 0 Å². The first-order chi connectivity index (χ1) is 14.2. The van der Waals surface area contributed by atoms with Crippen molar-refractivity contribution >= 4 is 12.0 Å². The van der Waals surface area contributed by atoms with Crippen molar-refractivity contribution in [3.05, 3.63) is 29.8 Å². The van der Waals surface area contributed by atoms with Crippen LogP contribution in [0.4, 0.5) is 4.79 Å². The largest absolute Gasteiger partial charge is 0.497 e. The van der Waals surface area contributed by atoms with Gasteiger partial charge in [-0.25, -0.2) is 4.79 Å². The number of rotatable bonds is 5. The summed E-state index contributed by atoms with van der Waals surface area (Å²) >= 11 is 0. The summed E-state index contributed by atoms with van der Waals surface area (Å²) in [6.07, 6.45) is 6.51. The van der Waals surface area contributed by atoms with Gasteiger partial charge in [-0.1, -0.05) is 44.2 Å². The molecule has 2 N–H and O–H groups in total. The van der Waals surface area contributed by atoms with Crippen molar-refractivity contribution in [1.82, 2.24) is 10.6 Å². The molecule has 6 nitrogen and oxygen atoms in total. The van der Waals surface area contributed by atoms with Crippen LogP contribution < -0.4 is 15.4 Å². The molecular weight excluding hydrogens is 380 g/mol. The number of carbonyl (C=O) groups excluding carboxylic acids is 2. The number of amides is 2. The maximum absolute atomic E-state index is 13.2. The number of hydrogen-bond donors (Lipinski definition) is 2. The third-order valence-corrected chi connectivity index (χ3v) is 5.53. The highest BCUT2D eigenvalue weighted by atomic mass is 16.6. The molecule has 1 fully saturated rings. The highest BCUT2D eigenvalue weighted by Gasteiger charge is 2.31. The van der Waals surface area contributed by atoms with E-state index in [2.05, 4.69) is 10.6 Å². The number of benzene rings is 1. The number of carbonyl (C=O) groups is 2. The summed E-state index contributed by atoms with van der Waals surface area (Å²) in [5.74, 6) is 0.507. The van der Waals surface area contributed by atoms with Crippen LogP contribution in [-0.2, 0) is 9.53 Å². The van der Waals surface area contributed by atoms with E-state index in [4.69, 9.17) is 9.47 Å². The fourth-order valence-electron chi connectivity index (χ4n) is 3.90. The summed E-state index contributed by atoms with van der Waals surface area (Å²) < 4.78 is 10.7. The second-order valence-corrected chi connectivity index (χ2v) is 9.21. The van der Waals surface area contributed by atoms with Gasteiger partial charge in [0, 0.05) is 6.04 Å². The smallest absolute Gasteiger partial charge is 0.407 e. The molecule has 1 saturated carbocycles. The number of hydrogen-bond acceptors (Lipinski definition) is 4. The fourth-order valence-corrected chi connectivity index (χ4v) is 3.90. The highest BCUT2D eigenvalue weighted by Crippen LogP contribution is 2.25. The topological polar surface area (TPSA) is 76.7 Å². The molecule has 0 unspecified atom stereocenters. The summed E-state index contributed by atoms with van der Waals surface area (Å²) in [6.45, 7) is 7.51. The second-order valence-electron chi connectivity index (χ2n) is 9.21. The van der Waals surface area contributed by atoms with Crippen LogP contribution in [0.2, 0.25) is 0 Å². The minimum atomic E-state index is -0.566. The molecule has 0 saturated heterocycles. The van der Waals surface area contributed by atoms with Gasteiger partial charge in [0.25, 0.3) is 0 Å². The lowest BCUT2D eigenvalue weighted by Crippen LogP contribution is -2.48. The molecule has 0 radical (unpaired) electrons. The van der Waals surface area contributed by atoms with Crippen LogP contribution in [-0.4, -0.2) is 30.8 Å². The predicted molar refractivity (Wildman–Crippen MR) is 119 cm³/mol. The van der Waals surface area contributed by atoms with E-state index < -0.39 is 11.7 Å². The molecule has 1 aliphatic rings. The van der Waals surface area contributed by atoms with Gasteiger partial charge in [-0.05, 0) is 58.2 Å². The lowest BCUT2D eigenvalue weighted by Gasteiger charge is -2.29. The average molecular weight is 419 g/mol. The molecule has 3 atom stereocenters.